The number of likely N-dealkylation sites (tertiary alicyclic amines) is 1. The largest absolute Gasteiger partial charge is 0.392 e. The van der Waals surface area contributed by atoms with Crippen LogP contribution in [0.15, 0.2) is 12.2 Å². The van der Waals surface area contributed by atoms with E-state index in [1.54, 1.807) is 0 Å². The first-order chi connectivity index (χ1) is 12.3. The Kier molecular flexibility index (Phi) is 2.92. The van der Waals surface area contributed by atoms with Gasteiger partial charge in [0.05, 0.1) is 18.3 Å². The van der Waals surface area contributed by atoms with Crippen LogP contribution in [0.3, 0.4) is 0 Å². The Morgan fingerprint density at radius 2 is 1.96 bits per heavy atom. The van der Waals surface area contributed by atoms with Gasteiger partial charge < -0.3 is 15.3 Å². The molecule has 2 spiro atoms. The van der Waals surface area contributed by atoms with E-state index in [1.807, 2.05) is 0 Å². The molecule has 4 heteroatoms. The van der Waals surface area contributed by atoms with Crippen molar-refractivity contribution in [3.63, 3.8) is 0 Å². The monoisotopic (exact) mass is 359 g/mol. The number of aliphatic hydroxyl groups excluding tert-OH is 3. The van der Waals surface area contributed by atoms with Crippen molar-refractivity contribution in [1.82, 2.24) is 4.90 Å². The number of nitrogens with zero attached hydrogens (tertiary/aromatic N) is 1. The van der Waals surface area contributed by atoms with Gasteiger partial charge in [-0.25, -0.2) is 0 Å². The van der Waals surface area contributed by atoms with E-state index in [0.717, 1.165) is 50.8 Å². The Morgan fingerprint density at radius 3 is 2.69 bits per heavy atom. The first-order valence-electron chi connectivity index (χ1n) is 10.8. The second-order valence-electron chi connectivity index (χ2n) is 10.9. The second kappa shape index (κ2) is 4.59. The Morgan fingerprint density at radius 1 is 1.19 bits per heavy atom. The molecule has 1 heterocycles. The maximum absolute atomic E-state index is 11.5. The molecule has 1 saturated heterocycles. The summed E-state index contributed by atoms with van der Waals surface area (Å²) >= 11 is 0. The summed E-state index contributed by atoms with van der Waals surface area (Å²) in [5.74, 6) is 1.26. The number of hydrogen-bond acceptors (Lipinski definition) is 4. The van der Waals surface area contributed by atoms with Gasteiger partial charge in [0.15, 0.2) is 0 Å². The lowest BCUT2D eigenvalue weighted by Crippen LogP contribution is -2.68. The zero-order chi connectivity index (χ0) is 18.2. The summed E-state index contributed by atoms with van der Waals surface area (Å²) in [5, 5.41) is 33.8. The fourth-order valence-electron chi connectivity index (χ4n) is 9.97. The predicted molar refractivity (Wildman–Crippen MR) is 98.2 cm³/mol. The molecule has 0 aromatic carbocycles. The topological polar surface area (TPSA) is 63.9 Å². The molecule has 0 aromatic heterocycles. The Balaban J connectivity index is 1.61. The summed E-state index contributed by atoms with van der Waals surface area (Å²) in [6, 6.07) is 0.373. The van der Waals surface area contributed by atoms with Crippen molar-refractivity contribution in [2.45, 2.75) is 70.3 Å². The molecule has 1 aliphatic heterocycles. The Labute approximate surface area is 156 Å². The van der Waals surface area contributed by atoms with Gasteiger partial charge in [0.1, 0.15) is 0 Å². The van der Waals surface area contributed by atoms with Crippen LogP contribution in [0, 0.1) is 39.9 Å². The number of rotatable bonds is 1. The quantitative estimate of drug-likeness (QED) is 0.625. The van der Waals surface area contributed by atoms with Crippen LogP contribution >= 0.6 is 0 Å². The molecular weight excluding hydrogens is 326 g/mol. The van der Waals surface area contributed by atoms with Gasteiger partial charge in [-0.2, -0.15) is 0 Å². The molecule has 0 radical (unpaired) electrons. The first kappa shape index (κ1) is 16.5. The first-order valence-corrected chi connectivity index (χ1v) is 10.8. The van der Waals surface area contributed by atoms with E-state index in [1.165, 1.54) is 0 Å². The van der Waals surface area contributed by atoms with Crippen molar-refractivity contribution in [3.8, 4) is 0 Å². The van der Waals surface area contributed by atoms with E-state index >= 15 is 0 Å². The molecule has 144 valence electrons. The maximum Gasteiger partial charge on any atom is 0.0813 e. The molecule has 0 unspecified atom stereocenters. The molecule has 6 rings (SSSR count). The Bertz CT molecular complexity index is 695. The highest BCUT2D eigenvalue weighted by molar-refractivity contribution is 5.39. The van der Waals surface area contributed by atoms with Gasteiger partial charge in [0.25, 0.3) is 0 Å². The van der Waals surface area contributed by atoms with E-state index in [2.05, 4.69) is 25.3 Å². The van der Waals surface area contributed by atoms with Crippen molar-refractivity contribution in [2.24, 2.45) is 39.9 Å². The van der Waals surface area contributed by atoms with Crippen LogP contribution in [0.5, 0.6) is 0 Å². The highest BCUT2D eigenvalue weighted by Gasteiger charge is 2.85. The lowest BCUT2D eigenvalue weighted by Gasteiger charge is -2.65. The fourth-order valence-corrected chi connectivity index (χ4v) is 9.97. The van der Waals surface area contributed by atoms with E-state index in [4.69, 9.17) is 0 Å². The standard InChI is InChI=1S/C22H33NO3/c1-4-23-10-20(3)6-5-17(25)22-15(20)7-13(18(22)23)21-9-12(11(2)19(21)26)14(24)8-16(21)22/h12-19,24-26H,2,4-10H2,1,3H3/t12-,13+,14-,15-,16-,17+,18-,19-,20+,21+,22-/m1/s1. The molecule has 0 amide bonds. The third-order valence-corrected chi connectivity index (χ3v) is 10.6. The molecule has 5 saturated carbocycles. The molecule has 5 aliphatic carbocycles. The summed E-state index contributed by atoms with van der Waals surface area (Å²) in [7, 11) is 0. The SMILES string of the molecule is C=C1[C@H]2C[C@@]3([C@@H]1O)[C@@H](C[C@H]2O)[C@@]12[C@@H]4C[C@H]3[C@H]1N(CC)C[C@]4(C)CC[C@@H]2O. The summed E-state index contributed by atoms with van der Waals surface area (Å²) in [6.45, 7) is 11.1. The van der Waals surface area contributed by atoms with Gasteiger partial charge in [-0.3, -0.25) is 4.90 Å². The van der Waals surface area contributed by atoms with Crippen LogP contribution in [0.25, 0.3) is 0 Å². The minimum absolute atomic E-state index is 0.0547. The lowest BCUT2D eigenvalue weighted by molar-refractivity contribution is -0.218. The van der Waals surface area contributed by atoms with Crippen LogP contribution in [0.2, 0.25) is 0 Å². The van der Waals surface area contributed by atoms with Crippen LogP contribution in [-0.4, -0.2) is 57.7 Å². The van der Waals surface area contributed by atoms with E-state index in [9.17, 15) is 15.3 Å². The minimum Gasteiger partial charge on any atom is -0.392 e. The summed E-state index contributed by atoms with van der Waals surface area (Å²) in [6.07, 6.45) is 3.58. The van der Waals surface area contributed by atoms with Crippen molar-refractivity contribution >= 4 is 0 Å². The summed E-state index contributed by atoms with van der Waals surface area (Å²) in [5.41, 5.74) is 0.849. The molecule has 6 fully saturated rings. The second-order valence-corrected chi connectivity index (χ2v) is 10.9. The van der Waals surface area contributed by atoms with Gasteiger partial charge >= 0.3 is 0 Å². The molecular formula is C22H33NO3. The molecule has 11 atom stereocenters. The number of piperidine rings is 1. The van der Waals surface area contributed by atoms with Crippen molar-refractivity contribution in [1.29, 1.82) is 0 Å². The summed E-state index contributed by atoms with van der Waals surface area (Å²) < 4.78 is 0. The molecule has 4 nitrogen and oxygen atoms in total. The van der Waals surface area contributed by atoms with Crippen LogP contribution in [0.1, 0.15) is 46.0 Å². The van der Waals surface area contributed by atoms with Gasteiger partial charge in [0, 0.05) is 29.3 Å². The van der Waals surface area contributed by atoms with Gasteiger partial charge in [-0.1, -0.05) is 20.4 Å². The molecule has 7 bridgehead atoms. The fraction of sp³-hybridized carbons (Fsp3) is 0.909. The molecule has 6 aliphatic rings. The normalized spacial score (nSPS) is 65.5. The van der Waals surface area contributed by atoms with E-state index in [-0.39, 0.29) is 34.2 Å². The predicted octanol–water partition coefficient (Wildman–Crippen LogP) is 1.79. The third-order valence-electron chi connectivity index (χ3n) is 10.6. The molecule has 0 aromatic rings. The smallest absolute Gasteiger partial charge is 0.0813 e. The number of hydrogen-bond donors (Lipinski definition) is 3. The van der Waals surface area contributed by atoms with Gasteiger partial charge in [0.2, 0.25) is 0 Å². The summed E-state index contributed by atoms with van der Waals surface area (Å²) in [4.78, 5) is 2.65. The van der Waals surface area contributed by atoms with Gasteiger partial charge in [-0.05, 0) is 67.4 Å². The molecule has 3 N–H and O–H groups in total. The van der Waals surface area contributed by atoms with Crippen LogP contribution in [-0.2, 0) is 0 Å². The average molecular weight is 360 g/mol. The van der Waals surface area contributed by atoms with E-state index < -0.39 is 12.2 Å². The van der Waals surface area contributed by atoms with Crippen LogP contribution in [0.4, 0.5) is 0 Å². The van der Waals surface area contributed by atoms with Crippen LogP contribution < -0.4 is 0 Å². The van der Waals surface area contributed by atoms with Crippen molar-refractivity contribution in [2.75, 3.05) is 13.1 Å². The van der Waals surface area contributed by atoms with Crippen molar-refractivity contribution < 1.29 is 15.3 Å². The lowest BCUT2D eigenvalue weighted by atomic mass is 9.43. The third kappa shape index (κ3) is 1.37. The maximum atomic E-state index is 11.5. The van der Waals surface area contributed by atoms with Crippen molar-refractivity contribution in [3.05, 3.63) is 12.2 Å². The highest BCUT2D eigenvalue weighted by Crippen LogP contribution is 2.83. The zero-order valence-corrected chi connectivity index (χ0v) is 16.1. The zero-order valence-electron chi connectivity index (χ0n) is 16.1. The average Bonchev–Trinajstić information content (AvgIpc) is 3.14. The minimum atomic E-state index is -0.500. The van der Waals surface area contributed by atoms with Gasteiger partial charge in [-0.15, -0.1) is 0 Å². The number of fused-ring (bicyclic) bond motifs is 1. The van der Waals surface area contributed by atoms with E-state index in [0.29, 0.717) is 17.9 Å². The number of aliphatic hydroxyl groups is 3. The molecule has 26 heavy (non-hydrogen) atoms. The highest BCUT2D eigenvalue weighted by atomic mass is 16.3. The Hall–Kier alpha value is -0.420.